The Bertz CT molecular complexity index is 677. The molecular weight excluding hydrogens is 338 g/mol. The van der Waals surface area contributed by atoms with Crippen LogP contribution in [0.25, 0.3) is 0 Å². The molecule has 1 amide bonds. The van der Waals surface area contributed by atoms with E-state index in [0.29, 0.717) is 12.2 Å². The van der Waals surface area contributed by atoms with Crippen LogP contribution in [0.15, 0.2) is 18.2 Å². The van der Waals surface area contributed by atoms with Crippen molar-refractivity contribution in [3.8, 4) is 0 Å². The van der Waals surface area contributed by atoms with Gasteiger partial charge in [0.1, 0.15) is 6.54 Å². The first kappa shape index (κ1) is 19.7. The summed E-state index contributed by atoms with van der Waals surface area (Å²) in [7, 11) is -3.53. The summed E-state index contributed by atoms with van der Waals surface area (Å²) in [5, 5.41) is 2.84. The van der Waals surface area contributed by atoms with Gasteiger partial charge < -0.3 is 10.2 Å². The molecule has 0 spiro atoms. The average Bonchev–Trinajstić information content (AvgIpc) is 3.00. The van der Waals surface area contributed by atoms with E-state index in [4.69, 9.17) is 0 Å². The molecule has 2 rings (SSSR count). The van der Waals surface area contributed by atoms with Gasteiger partial charge in [-0.15, -0.1) is 0 Å². The molecule has 1 saturated heterocycles. The molecule has 0 radical (unpaired) electrons. The van der Waals surface area contributed by atoms with Crippen molar-refractivity contribution in [2.24, 2.45) is 0 Å². The Balaban J connectivity index is 1.91. The number of likely N-dealkylation sites (tertiary alicyclic amines) is 1. The summed E-state index contributed by atoms with van der Waals surface area (Å²) in [6.45, 7) is 7.47. The highest BCUT2D eigenvalue weighted by Crippen LogP contribution is 2.21. The maximum absolute atomic E-state index is 12.2. The Kier molecular flexibility index (Phi) is 6.84. The lowest BCUT2D eigenvalue weighted by molar-refractivity contribution is -0.119. The molecule has 1 aliphatic heterocycles. The van der Waals surface area contributed by atoms with Gasteiger partial charge in [0.25, 0.3) is 0 Å². The molecule has 0 atom stereocenters. The number of carbonyl (C=O) groups is 1. The van der Waals surface area contributed by atoms with E-state index in [1.54, 1.807) is 12.1 Å². The normalized spacial score (nSPS) is 15.3. The Morgan fingerprint density at radius 2 is 1.76 bits per heavy atom. The Morgan fingerprint density at radius 1 is 1.16 bits per heavy atom. The van der Waals surface area contributed by atoms with Crippen molar-refractivity contribution in [3.63, 3.8) is 0 Å². The third-order valence-electron chi connectivity index (χ3n) is 4.35. The summed E-state index contributed by atoms with van der Waals surface area (Å²) in [4.78, 5) is 14.6. The van der Waals surface area contributed by atoms with Crippen molar-refractivity contribution in [3.05, 3.63) is 29.3 Å². The minimum atomic E-state index is -3.53. The van der Waals surface area contributed by atoms with E-state index in [-0.39, 0.29) is 12.5 Å². The minimum Gasteiger partial charge on any atom is -0.354 e. The number of aryl methyl sites for hydroxylation is 2. The number of nitrogens with one attached hydrogen (secondary N) is 1. The fourth-order valence-corrected chi connectivity index (χ4v) is 4.06. The van der Waals surface area contributed by atoms with Gasteiger partial charge in [-0.25, -0.2) is 8.42 Å². The molecule has 1 heterocycles. The maximum Gasteiger partial charge on any atom is 0.240 e. The summed E-state index contributed by atoms with van der Waals surface area (Å²) in [5.41, 5.74) is 2.47. The van der Waals surface area contributed by atoms with Gasteiger partial charge in [-0.1, -0.05) is 6.07 Å². The second kappa shape index (κ2) is 8.67. The van der Waals surface area contributed by atoms with E-state index >= 15 is 0 Å². The Morgan fingerprint density at radius 3 is 2.32 bits per heavy atom. The van der Waals surface area contributed by atoms with E-state index in [0.717, 1.165) is 43.4 Å². The van der Waals surface area contributed by atoms with Gasteiger partial charge in [0.15, 0.2) is 0 Å². The third kappa shape index (κ3) is 6.32. The number of amides is 1. The summed E-state index contributed by atoms with van der Waals surface area (Å²) in [5.74, 6) is -0.272. The fraction of sp³-hybridized carbons (Fsp3) is 0.611. The highest BCUT2D eigenvalue weighted by atomic mass is 32.2. The van der Waals surface area contributed by atoms with Crippen LogP contribution >= 0.6 is 0 Å². The second-order valence-electron chi connectivity index (χ2n) is 6.87. The quantitative estimate of drug-likeness (QED) is 0.710. The zero-order chi connectivity index (χ0) is 18.4. The van der Waals surface area contributed by atoms with Gasteiger partial charge in [-0.2, -0.15) is 0 Å². The molecule has 1 fully saturated rings. The molecule has 0 aromatic heterocycles. The zero-order valence-corrected chi connectivity index (χ0v) is 16.2. The molecule has 0 unspecified atom stereocenters. The Labute approximate surface area is 151 Å². The second-order valence-corrected chi connectivity index (χ2v) is 8.77. The van der Waals surface area contributed by atoms with Crippen molar-refractivity contribution in [1.29, 1.82) is 0 Å². The molecule has 0 aliphatic carbocycles. The van der Waals surface area contributed by atoms with Gasteiger partial charge in [0.05, 0.1) is 11.9 Å². The molecule has 1 aliphatic rings. The largest absolute Gasteiger partial charge is 0.354 e. The number of hydrogen-bond acceptors (Lipinski definition) is 4. The van der Waals surface area contributed by atoms with E-state index in [1.807, 2.05) is 19.9 Å². The van der Waals surface area contributed by atoms with Crippen molar-refractivity contribution >= 4 is 21.6 Å². The van der Waals surface area contributed by atoms with Gasteiger partial charge >= 0.3 is 0 Å². The smallest absolute Gasteiger partial charge is 0.240 e. The number of rotatable bonds is 8. The van der Waals surface area contributed by atoms with Crippen LogP contribution in [0, 0.1) is 13.8 Å². The lowest BCUT2D eigenvalue weighted by atomic mass is 10.1. The highest BCUT2D eigenvalue weighted by molar-refractivity contribution is 7.92. The molecule has 140 valence electrons. The number of anilines is 1. The van der Waals surface area contributed by atoms with Crippen LogP contribution < -0.4 is 9.62 Å². The van der Waals surface area contributed by atoms with E-state index in [2.05, 4.69) is 10.2 Å². The SMILES string of the molecule is Cc1cc(C)cc(N(CC(=O)NCCCN2CCCC2)S(C)(=O)=O)c1. The van der Waals surface area contributed by atoms with Crippen LogP contribution in [-0.4, -0.2) is 58.2 Å². The number of benzene rings is 1. The van der Waals surface area contributed by atoms with Crippen molar-refractivity contribution in [2.75, 3.05) is 43.3 Å². The summed E-state index contributed by atoms with van der Waals surface area (Å²) in [6, 6.07) is 5.55. The summed E-state index contributed by atoms with van der Waals surface area (Å²) in [6.07, 6.45) is 4.52. The highest BCUT2D eigenvalue weighted by Gasteiger charge is 2.21. The molecule has 7 heteroatoms. The molecule has 25 heavy (non-hydrogen) atoms. The number of nitrogens with zero attached hydrogens (tertiary/aromatic N) is 2. The average molecular weight is 368 g/mol. The fourth-order valence-electron chi connectivity index (χ4n) is 3.22. The van der Waals surface area contributed by atoms with Crippen molar-refractivity contribution in [2.45, 2.75) is 33.1 Å². The first-order valence-corrected chi connectivity index (χ1v) is 10.7. The first-order chi connectivity index (χ1) is 11.8. The van der Waals surface area contributed by atoms with Crippen LogP contribution in [-0.2, 0) is 14.8 Å². The lowest BCUT2D eigenvalue weighted by Gasteiger charge is -2.23. The van der Waals surface area contributed by atoms with Crippen LogP contribution in [0.3, 0.4) is 0 Å². The molecule has 0 bridgehead atoms. The topological polar surface area (TPSA) is 69.7 Å². The summed E-state index contributed by atoms with van der Waals surface area (Å²) >= 11 is 0. The Hall–Kier alpha value is -1.60. The maximum atomic E-state index is 12.2. The van der Waals surface area contributed by atoms with Crippen LogP contribution in [0.1, 0.15) is 30.4 Å². The van der Waals surface area contributed by atoms with Crippen molar-refractivity contribution < 1.29 is 13.2 Å². The van der Waals surface area contributed by atoms with Crippen molar-refractivity contribution in [1.82, 2.24) is 10.2 Å². The summed E-state index contributed by atoms with van der Waals surface area (Å²) < 4.78 is 25.4. The van der Waals surface area contributed by atoms with Gasteiger partial charge in [0, 0.05) is 6.54 Å². The molecule has 1 N–H and O–H groups in total. The predicted molar refractivity (Wildman–Crippen MR) is 101 cm³/mol. The monoisotopic (exact) mass is 367 g/mol. The van der Waals surface area contributed by atoms with Crippen LogP contribution in [0.5, 0.6) is 0 Å². The zero-order valence-electron chi connectivity index (χ0n) is 15.4. The third-order valence-corrected chi connectivity index (χ3v) is 5.49. The standard InChI is InChI=1S/C18H29N3O3S/c1-15-11-16(2)13-17(12-15)21(25(3,23)24)14-18(22)19-7-6-10-20-8-4-5-9-20/h11-13H,4-10,14H2,1-3H3,(H,19,22). The van der Waals surface area contributed by atoms with Gasteiger partial charge in [0.2, 0.25) is 15.9 Å². The predicted octanol–water partition coefficient (Wildman–Crippen LogP) is 1.67. The van der Waals surface area contributed by atoms with Crippen LogP contribution in [0.2, 0.25) is 0 Å². The van der Waals surface area contributed by atoms with Gasteiger partial charge in [-0.3, -0.25) is 9.10 Å². The number of hydrogen-bond donors (Lipinski definition) is 1. The molecule has 1 aromatic carbocycles. The molecular formula is C18H29N3O3S. The van der Waals surface area contributed by atoms with E-state index < -0.39 is 10.0 Å². The first-order valence-electron chi connectivity index (χ1n) is 8.81. The van der Waals surface area contributed by atoms with E-state index in [9.17, 15) is 13.2 Å². The molecule has 1 aromatic rings. The number of sulfonamides is 1. The van der Waals surface area contributed by atoms with Gasteiger partial charge in [-0.05, 0) is 76.0 Å². The van der Waals surface area contributed by atoms with E-state index in [1.165, 1.54) is 17.1 Å². The minimum absolute atomic E-state index is 0.189. The lowest BCUT2D eigenvalue weighted by Crippen LogP contribution is -2.41. The van der Waals surface area contributed by atoms with Crippen LogP contribution in [0.4, 0.5) is 5.69 Å². The molecule has 6 nitrogen and oxygen atoms in total. The molecule has 0 saturated carbocycles. The number of carbonyl (C=O) groups excluding carboxylic acids is 1.